The topological polar surface area (TPSA) is 87.7 Å². The third-order valence-corrected chi connectivity index (χ3v) is 3.93. The predicted molar refractivity (Wildman–Crippen MR) is 105 cm³/mol. The highest BCUT2D eigenvalue weighted by atomic mass is 16.5. The summed E-state index contributed by atoms with van der Waals surface area (Å²) in [5, 5.41) is 14.7. The lowest BCUT2D eigenvalue weighted by atomic mass is 10.1. The maximum Gasteiger partial charge on any atom is 0.262 e. The summed E-state index contributed by atoms with van der Waals surface area (Å²) in [5.74, 6) is 0.255. The number of aliphatic hydroxyl groups is 1. The van der Waals surface area contributed by atoms with E-state index < -0.39 is 5.54 Å². The third kappa shape index (κ3) is 6.75. The Bertz CT molecular complexity index is 785. The van der Waals surface area contributed by atoms with Crippen LogP contribution in [0.25, 0.3) is 0 Å². The number of amides is 2. The molecule has 0 aliphatic carbocycles. The Balaban J connectivity index is 1.83. The van der Waals surface area contributed by atoms with Gasteiger partial charge in [0.15, 0.2) is 6.61 Å². The number of nitrogens with one attached hydrogen (secondary N) is 2. The van der Waals surface area contributed by atoms with Gasteiger partial charge in [0, 0.05) is 5.69 Å². The summed E-state index contributed by atoms with van der Waals surface area (Å²) in [5.41, 5.74) is 1.77. The first kappa shape index (κ1) is 20.5. The Morgan fingerprint density at radius 3 is 2.33 bits per heavy atom. The Morgan fingerprint density at radius 1 is 1.04 bits per heavy atom. The fraction of sp³-hybridized carbons (Fsp3) is 0.333. The van der Waals surface area contributed by atoms with Crippen molar-refractivity contribution in [1.82, 2.24) is 5.32 Å². The first-order chi connectivity index (χ1) is 12.8. The lowest BCUT2D eigenvalue weighted by Crippen LogP contribution is -2.46. The molecule has 0 saturated carbocycles. The zero-order chi connectivity index (χ0) is 19.9. The number of carbonyl (C=O) groups excluding carboxylic acids is 2. The van der Waals surface area contributed by atoms with Crippen molar-refractivity contribution in [2.24, 2.45) is 0 Å². The zero-order valence-electron chi connectivity index (χ0n) is 15.9. The van der Waals surface area contributed by atoms with Crippen LogP contribution < -0.4 is 15.4 Å². The molecule has 27 heavy (non-hydrogen) atoms. The molecular formula is C21H26N2O4. The van der Waals surface area contributed by atoms with Crippen LogP contribution >= 0.6 is 0 Å². The SMILES string of the molecule is Cc1ccccc1OCC(=O)Nc1ccc(CC(=O)NC(C)(C)CO)cc1. The smallest absolute Gasteiger partial charge is 0.262 e. The predicted octanol–water partition coefficient (Wildman–Crippen LogP) is 2.44. The molecular weight excluding hydrogens is 344 g/mol. The van der Waals surface area contributed by atoms with Gasteiger partial charge in [-0.05, 0) is 50.1 Å². The molecule has 144 valence electrons. The number of para-hydroxylation sites is 1. The molecule has 2 rings (SSSR count). The molecule has 0 aliphatic heterocycles. The van der Waals surface area contributed by atoms with Gasteiger partial charge in [-0.3, -0.25) is 9.59 Å². The van der Waals surface area contributed by atoms with E-state index in [-0.39, 0.29) is 31.4 Å². The Labute approximate surface area is 159 Å². The number of hydrogen-bond donors (Lipinski definition) is 3. The quantitative estimate of drug-likeness (QED) is 0.666. The number of aliphatic hydroxyl groups excluding tert-OH is 1. The van der Waals surface area contributed by atoms with Gasteiger partial charge in [-0.2, -0.15) is 0 Å². The molecule has 2 amide bonds. The molecule has 6 heteroatoms. The van der Waals surface area contributed by atoms with Crippen LogP contribution in [0.4, 0.5) is 5.69 Å². The molecule has 0 saturated heterocycles. The van der Waals surface area contributed by atoms with Gasteiger partial charge >= 0.3 is 0 Å². The van der Waals surface area contributed by atoms with Gasteiger partial charge in [0.05, 0.1) is 18.6 Å². The van der Waals surface area contributed by atoms with Crippen LogP contribution in [-0.4, -0.2) is 35.7 Å². The van der Waals surface area contributed by atoms with E-state index in [2.05, 4.69) is 10.6 Å². The molecule has 0 radical (unpaired) electrons. The van der Waals surface area contributed by atoms with E-state index in [1.54, 1.807) is 38.1 Å². The number of anilines is 1. The highest BCUT2D eigenvalue weighted by Crippen LogP contribution is 2.16. The molecule has 6 nitrogen and oxygen atoms in total. The molecule has 0 spiro atoms. The van der Waals surface area contributed by atoms with Crippen LogP contribution in [-0.2, 0) is 16.0 Å². The second-order valence-corrected chi connectivity index (χ2v) is 7.07. The summed E-state index contributed by atoms with van der Waals surface area (Å²) < 4.78 is 5.52. The molecule has 2 aromatic carbocycles. The van der Waals surface area contributed by atoms with Gasteiger partial charge in [0.2, 0.25) is 5.91 Å². The number of aryl methyl sites for hydroxylation is 1. The van der Waals surface area contributed by atoms with E-state index >= 15 is 0 Å². The minimum absolute atomic E-state index is 0.0781. The normalized spacial score (nSPS) is 11.0. The van der Waals surface area contributed by atoms with Gasteiger partial charge in [0.1, 0.15) is 5.75 Å². The van der Waals surface area contributed by atoms with Gasteiger partial charge in [-0.15, -0.1) is 0 Å². The molecule has 2 aromatic rings. The highest BCUT2D eigenvalue weighted by Gasteiger charge is 2.19. The summed E-state index contributed by atoms with van der Waals surface area (Å²) in [7, 11) is 0. The Morgan fingerprint density at radius 2 is 1.70 bits per heavy atom. The van der Waals surface area contributed by atoms with Crippen molar-refractivity contribution in [3.63, 3.8) is 0 Å². The second-order valence-electron chi connectivity index (χ2n) is 7.07. The summed E-state index contributed by atoms with van der Waals surface area (Å²) in [6.45, 7) is 5.22. The molecule has 0 heterocycles. The van der Waals surface area contributed by atoms with Gasteiger partial charge in [-0.1, -0.05) is 30.3 Å². The molecule has 0 fully saturated rings. The Kier molecular flexibility index (Phi) is 6.96. The van der Waals surface area contributed by atoms with Gasteiger partial charge in [-0.25, -0.2) is 0 Å². The Hall–Kier alpha value is -2.86. The van der Waals surface area contributed by atoms with Crippen molar-refractivity contribution >= 4 is 17.5 Å². The summed E-state index contributed by atoms with van der Waals surface area (Å²) in [4.78, 5) is 24.0. The van der Waals surface area contributed by atoms with E-state index in [1.165, 1.54) is 0 Å². The molecule has 0 aromatic heterocycles. The average Bonchev–Trinajstić information content (AvgIpc) is 2.62. The van der Waals surface area contributed by atoms with Crippen LogP contribution in [0.2, 0.25) is 0 Å². The molecule has 0 unspecified atom stereocenters. The number of benzene rings is 2. The lowest BCUT2D eigenvalue weighted by molar-refractivity contribution is -0.122. The fourth-order valence-corrected chi connectivity index (χ4v) is 2.41. The number of hydrogen-bond acceptors (Lipinski definition) is 4. The standard InChI is InChI=1S/C21H26N2O4/c1-15-6-4-5-7-18(15)27-13-20(26)22-17-10-8-16(9-11-17)12-19(25)23-21(2,3)14-24/h4-11,24H,12-14H2,1-3H3,(H,22,26)(H,23,25). The summed E-state index contributed by atoms with van der Waals surface area (Å²) >= 11 is 0. The van der Waals surface area contributed by atoms with Crippen molar-refractivity contribution in [2.45, 2.75) is 32.7 Å². The van der Waals surface area contributed by atoms with Crippen LogP contribution in [0, 0.1) is 6.92 Å². The average molecular weight is 370 g/mol. The maximum absolute atomic E-state index is 12.0. The monoisotopic (exact) mass is 370 g/mol. The third-order valence-electron chi connectivity index (χ3n) is 3.93. The zero-order valence-corrected chi connectivity index (χ0v) is 15.9. The summed E-state index contributed by atoms with van der Waals surface area (Å²) in [6, 6.07) is 14.6. The van der Waals surface area contributed by atoms with Crippen molar-refractivity contribution in [3.8, 4) is 5.75 Å². The molecule has 0 aliphatic rings. The van der Waals surface area contributed by atoms with Crippen LogP contribution in [0.15, 0.2) is 48.5 Å². The largest absolute Gasteiger partial charge is 0.483 e. The van der Waals surface area contributed by atoms with E-state index in [4.69, 9.17) is 4.74 Å². The summed E-state index contributed by atoms with van der Waals surface area (Å²) in [6.07, 6.45) is 0.202. The van der Waals surface area contributed by atoms with Crippen molar-refractivity contribution in [1.29, 1.82) is 0 Å². The van der Waals surface area contributed by atoms with Crippen LogP contribution in [0.3, 0.4) is 0 Å². The minimum Gasteiger partial charge on any atom is -0.483 e. The number of ether oxygens (including phenoxy) is 1. The number of carbonyl (C=O) groups is 2. The van der Waals surface area contributed by atoms with E-state index in [1.807, 2.05) is 31.2 Å². The van der Waals surface area contributed by atoms with Gasteiger partial charge < -0.3 is 20.5 Å². The van der Waals surface area contributed by atoms with Gasteiger partial charge in [0.25, 0.3) is 5.91 Å². The molecule has 0 atom stereocenters. The fourth-order valence-electron chi connectivity index (χ4n) is 2.41. The van der Waals surface area contributed by atoms with E-state index in [9.17, 15) is 14.7 Å². The lowest BCUT2D eigenvalue weighted by Gasteiger charge is -2.23. The first-order valence-electron chi connectivity index (χ1n) is 8.78. The van der Waals surface area contributed by atoms with Crippen molar-refractivity contribution < 1.29 is 19.4 Å². The van der Waals surface area contributed by atoms with Crippen molar-refractivity contribution in [2.75, 3.05) is 18.5 Å². The first-order valence-corrected chi connectivity index (χ1v) is 8.78. The minimum atomic E-state index is -0.651. The van der Waals surface area contributed by atoms with Crippen LogP contribution in [0.1, 0.15) is 25.0 Å². The van der Waals surface area contributed by atoms with Crippen molar-refractivity contribution in [3.05, 3.63) is 59.7 Å². The maximum atomic E-state index is 12.0. The number of rotatable bonds is 8. The van der Waals surface area contributed by atoms with E-state index in [0.717, 1.165) is 11.1 Å². The molecule has 0 bridgehead atoms. The van der Waals surface area contributed by atoms with Crippen LogP contribution in [0.5, 0.6) is 5.75 Å². The van der Waals surface area contributed by atoms with E-state index in [0.29, 0.717) is 11.4 Å². The highest BCUT2D eigenvalue weighted by molar-refractivity contribution is 5.92. The molecule has 3 N–H and O–H groups in total. The second kappa shape index (κ2) is 9.19.